The first kappa shape index (κ1) is 24.3. The first-order chi connectivity index (χ1) is 18.8. The van der Waals surface area contributed by atoms with Gasteiger partial charge in [0.05, 0.1) is 0 Å². The van der Waals surface area contributed by atoms with Crippen molar-refractivity contribution in [3.8, 4) is 11.5 Å². The van der Waals surface area contributed by atoms with Crippen LogP contribution in [0.1, 0.15) is 11.8 Å². The molecule has 0 saturated carbocycles. The minimum absolute atomic E-state index is 0. The van der Waals surface area contributed by atoms with Crippen molar-refractivity contribution in [2.45, 2.75) is 0 Å². The van der Waals surface area contributed by atoms with Crippen LogP contribution in [0.4, 0.5) is 11.4 Å². The van der Waals surface area contributed by atoms with E-state index in [0.29, 0.717) is 23.5 Å². The van der Waals surface area contributed by atoms with Gasteiger partial charge >= 0.3 is 16.8 Å². The smallest absolute Gasteiger partial charge is 0.624 e. The molecule has 2 aliphatic heterocycles. The third-order valence-electron chi connectivity index (χ3n) is 5.74. The van der Waals surface area contributed by atoms with E-state index < -0.39 is 0 Å². The molecule has 191 valence electrons. The average Bonchev–Trinajstić information content (AvgIpc) is 3.71. The molecule has 0 atom stereocenters. The van der Waals surface area contributed by atoms with E-state index in [-0.39, 0.29) is 16.8 Å². The van der Waals surface area contributed by atoms with Gasteiger partial charge < -0.3 is 28.9 Å². The zero-order valence-electron chi connectivity index (χ0n) is 20.1. The number of rotatable bonds is 2. The molecule has 1 radical (unpaired) electrons. The zero-order chi connectivity index (χ0) is 25.3. The summed E-state index contributed by atoms with van der Waals surface area (Å²) in [5.41, 5.74) is 4.80. The molecular formula is C30H18CoN4O4. The average molecular weight is 557 g/mol. The number of para-hydroxylation sites is 8. The molecule has 6 aromatic rings. The Balaban J connectivity index is 0.000000138. The molecule has 0 amide bonds. The van der Waals surface area contributed by atoms with Crippen LogP contribution in [-0.4, -0.2) is 9.97 Å². The first-order valence-electron chi connectivity index (χ1n) is 11.9. The molecule has 4 heterocycles. The molecule has 0 saturated heterocycles. The maximum atomic E-state index is 5.60. The minimum Gasteiger partial charge on any atom is -0.624 e. The van der Waals surface area contributed by atoms with Crippen LogP contribution in [0.15, 0.2) is 118 Å². The van der Waals surface area contributed by atoms with Crippen molar-refractivity contribution in [3.63, 3.8) is 0 Å². The SMILES string of the molecule is C(=C1/[N-]c2ccccc2O1)/c1nc2ccccc2o1.C(=C1/[N-]c2ccccc2O1)/c1nc2ccccc2o1.[Co+2]. The van der Waals surface area contributed by atoms with E-state index >= 15 is 0 Å². The molecule has 8 nitrogen and oxygen atoms in total. The summed E-state index contributed by atoms with van der Waals surface area (Å²) in [5.74, 6) is 3.48. The fourth-order valence-corrected chi connectivity index (χ4v) is 4.02. The second kappa shape index (κ2) is 10.4. The van der Waals surface area contributed by atoms with Crippen LogP contribution in [-0.2, 0) is 16.8 Å². The number of hydrogen-bond acceptors (Lipinski definition) is 6. The van der Waals surface area contributed by atoms with E-state index in [0.717, 1.165) is 45.1 Å². The molecule has 0 spiro atoms. The molecular weight excluding hydrogens is 539 g/mol. The summed E-state index contributed by atoms with van der Waals surface area (Å²) < 4.78 is 22.4. The second-order valence-corrected chi connectivity index (χ2v) is 8.37. The summed E-state index contributed by atoms with van der Waals surface area (Å²) in [6.07, 6.45) is 3.39. The van der Waals surface area contributed by atoms with Crippen molar-refractivity contribution in [3.05, 3.63) is 131 Å². The number of oxazole rings is 2. The second-order valence-electron chi connectivity index (χ2n) is 8.37. The van der Waals surface area contributed by atoms with Crippen LogP contribution < -0.4 is 9.47 Å². The number of aromatic nitrogens is 2. The predicted octanol–water partition coefficient (Wildman–Crippen LogP) is 8.45. The van der Waals surface area contributed by atoms with Gasteiger partial charge in [-0.15, -0.1) is 0 Å². The Bertz CT molecular complexity index is 1600. The summed E-state index contributed by atoms with van der Waals surface area (Å²) in [4.78, 5) is 8.71. The third kappa shape index (κ3) is 5.08. The van der Waals surface area contributed by atoms with Gasteiger partial charge in [-0.1, -0.05) is 72.0 Å². The molecule has 0 N–H and O–H groups in total. The quantitative estimate of drug-likeness (QED) is 0.212. The Morgan fingerprint density at radius 3 is 1.36 bits per heavy atom. The number of hydrogen-bond donors (Lipinski definition) is 0. The van der Waals surface area contributed by atoms with Crippen LogP contribution in [0.3, 0.4) is 0 Å². The van der Waals surface area contributed by atoms with Crippen molar-refractivity contribution in [1.29, 1.82) is 0 Å². The summed E-state index contributed by atoms with van der Waals surface area (Å²) >= 11 is 0. The van der Waals surface area contributed by atoms with Crippen molar-refractivity contribution in [2.75, 3.05) is 0 Å². The van der Waals surface area contributed by atoms with E-state index in [1.807, 2.05) is 97.1 Å². The van der Waals surface area contributed by atoms with Gasteiger partial charge in [0.2, 0.25) is 11.8 Å². The maximum Gasteiger partial charge on any atom is 2.00 e. The Kier molecular flexibility index (Phi) is 6.50. The van der Waals surface area contributed by atoms with E-state index in [2.05, 4.69) is 20.6 Å². The first-order valence-corrected chi connectivity index (χ1v) is 11.9. The molecule has 8 rings (SSSR count). The molecule has 9 heteroatoms. The topological polar surface area (TPSA) is 98.7 Å². The molecule has 2 aliphatic rings. The van der Waals surface area contributed by atoms with Crippen LogP contribution in [0.25, 0.3) is 45.0 Å². The predicted molar refractivity (Wildman–Crippen MR) is 144 cm³/mol. The van der Waals surface area contributed by atoms with Gasteiger partial charge in [0.15, 0.2) is 11.2 Å². The Labute approximate surface area is 233 Å². The number of fused-ring (bicyclic) bond motifs is 4. The zero-order valence-corrected chi connectivity index (χ0v) is 21.2. The summed E-state index contributed by atoms with van der Waals surface area (Å²) in [7, 11) is 0. The Hall–Kier alpha value is -4.99. The van der Waals surface area contributed by atoms with Gasteiger partial charge in [0.1, 0.15) is 22.5 Å². The monoisotopic (exact) mass is 557 g/mol. The van der Waals surface area contributed by atoms with Crippen LogP contribution in [0.5, 0.6) is 11.5 Å². The summed E-state index contributed by atoms with van der Waals surface area (Å²) in [5, 5.41) is 8.71. The van der Waals surface area contributed by atoms with Crippen LogP contribution in [0, 0.1) is 0 Å². The molecule has 0 unspecified atom stereocenters. The molecule has 2 aromatic heterocycles. The minimum atomic E-state index is 0. The van der Waals surface area contributed by atoms with Crippen molar-refractivity contribution >= 4 is 45.7 Å². The largest absolute Gasteiger partial charge is 2.00 e. The number of ether oxygens (including phenoxy) is 2. The standard InChI is InChI=1S/2C15H9N2O2.Co/c2*1-3-7-12-10(5-1)16-14(18-12)9-15-17-11-6-2-4-8-13(11)19-15;/h2*1-9H;/q2*-1;+2/b2*14-9+;. The fraction of sp³-hybridized carbons (Fsp3) is 0. The molecule has 0 fully saturated rings. The van der Waals surface area contributed by atoms with Gasteiger partial charge in [0, 0.05) is 23.9 Å². The maximum absolute atomic E-state index is 5.60. The van der Waals surface area contributed by atoms with Gasteiger partial charge in [-0.3, -0.25) is 0 Å². The summed E-state index contributed by atoms with van der Waals surface area (Å²) in [6, 6.07) is 30.5. The Morgan fingerprint density at radius 1 is 0.513 bits per heavy atom. The summed E-state index contributed by atoms with van der Waals surface area (Å²) in [6.45, 7) is 0. The molecule has 39 heavy (non-hydrogen) atoms. The Morgan fingerprint density at radius 2 is 0.923 bits per heavy atom. The van der Waals surface area contributed by atoms with E-state index in [1.54, 1.807) is 12.2 Å². The third-order valence-corrected chi connectivity index (χ3v) is 5.74. The van der Waals surface area contributed by atoms with Gasteiger partial charge in [-0.25, -0.2) is 9.97 Å². The van der Waals surface area contributed by atoms with Gasteiger partial charge in [-0.05, 0) is 36.4 Å². The van der Waals surface area contributed by atoms with Gasteiger partial charge in [0.25, 0.3) is 0 Å². The molecule has 0 bridgehead atoms. The fourth-order valence-electron chi connectivity index (χ4n) is 4.02. The van der Waals surface area contributed by atoms with Crippen molar-refractivity contribution < 1.29 is 35.1 Å². The van der Waals surface area contributed by atoms with Crippen molar-refractivity contribution in [2.24, 2.45) is 0 Å². The van der Waals surface area contributed by atoms with Crippen molar-refractivity contribution in [1.82, 2.24) is 9.97 Å². The van der Waals surface area contributed by atoms with E-state index in [1.165, 1.54) is 0 Å². The molecule has 0 aliphatic carbocycles. The van der Waals surface area contributed by atoms with E-state index in [4.69, 9.17) is 18.3 Å². The van der Waals surface area contributed by atoms with E-state index in [9.17, 15) is 0 Å². The van der Waals surface area contributed by atoms with Crippen LogP contribution in [0.2, 0.25) is 0 Å². The number of benzene rings is 4. The normalized spacial score (nSPS) is 14.9. The number of nitrogens with zero attached hydrogens (tertiary/aromatic N) is 4. The van der Waals surface area contributed by atoms with Crippen LogP contribution >= 0.6 is 0 Å². The molecule has 4 aromatic carbocycles. The van der Waals surface area contributed by atoms with Gasteiger partial charge in [-0.2, -0.15) is 0 Å².